The number of rotatable bonds is 4. The van der Waals surface area contributed by atoms with Gasteiger partial charge < -0.3 is 15.5 Å². The van der Waals surface area contributed by atoms with Gasteiger partial charge in [0, 0.05) is 25.0 Å². The lowest BCUT2D eigenvalue weighted by molar-refractivity contribution is -0.139. The monoisotopic (exact) mass is 255 g/mol. The lowest BCUT2D eigenvalue weighted by atomic mass is 9.92. The van der Waals surface area contributed by atoms with Crippen LogP contribution in [0.3, 0.4) is 0 Å². The van der Waals surface area contributed by atoms with Crippen molar-refractivity contribution in [1.29, 1.82) is 0 Å². The summed E-state index contributed by atoms with van der Waals surface area (Å²) in [6.07, 6.45) is 1.72. The zero-order valence-electron chi connectivity index (χ0n) is 11.8. The van der Waals surface area contributed by atoms with Crippen LogP contribution in [0.1, 0.15) is 33.6 Å². The number of carbonyl (C=O) groups is 2. The van der Waals surface area contributed by atoms with Crippen molar-refractivity contribution in [2.24, 2.45) is 5.92 Å². The molecule has 2 atom stereocenters. The second-order valence-corrected chi connectivity index (χ2v) is 5.49. The Kier molecular flexibility index (Phi) is 5.59. The molecule has 0 spiro atoms. The highest BCUT2D eigenvalue weighted by Crippen LogP contribution is 2.18. The number of nitrogens with zero attached hydrogens (tertiary/aromatic N) is 1. The van der Waals surface area contributed by atoms with E-state index in [1.165, 1.54) is 0 Å². The molecule has 1 saturated heterocycles. The maximum absolute atomic E-state index is 12.2. The second kappa shape index (κ2) is 6.73. The van der Waals surface area contributed by atoms with Crippen LogP contribution >= 0.6 is 0 Å². The minimum absolute atomic E-state index is 0.0538. The highest BCUT2D eigenvalue weighted by molar-refractivity contribution is 5.85. The predicted molar refractivity (Wildman–Crippen MR) is 71.1 cm³/mol. The van der Waals surface area contributed by atoms with Crippen LogP contribution in [-0.4, -0.2) is 48.9 Å². The first kappa shape index (κ1) is 15.0. The summed E-state index contributed by atoms with van der Waals surface area (Å²) in [5.41, 5.74) is 0. The van der Waals surface area contributed by atoms with Gasteiger partial charge in [0.15, 0.2) is 0 Å². The summed E-state index contributed by atoms with van der Waals surface area (Å²) in [7, 11) is 1.70. The molecule has 5 heteroatoms. The molecule has 2 unspecified atom stereocenters. The summed E-state index contributed by atoms with van der Waals surface area (Å²) in [5, 5.41) is 6.12. The maximum Gasteiger partial charge on any atom is 0.239 e. The molecule has 0 radical (unpaired) electrons. The number of carbonyl (C=O) groups excluding carboxylic acids is 2. The maximum atomic E-state index is 12.2. The average Bonchev–Trinajstić information content (AvgIpc) is 2.26. The first-order valence-corrected chi connectivity index (χ1v) is 6.68. The standard InChI is InChI=1S/C13H25N3O2/c1-9(2)15-12(17)8-16(4)13(18)11-5-6-14-10(3)7-11/h9-11,14H,5-8H2,1-4H3,(H,15,17). The number of piperidine rings is 1. The van der Waals surface area contributed by atoms with Gasteiger partial charge in [-0.2, -0.15) is 0 Å². The van der Waals surface area contributed by atoms with Gasteiger partial charge in [0.1, 0.15) is 0 Å². The smallest absolute Gasteiger partial charge is 0.239 e. The summed E-state index contributed by atoms with van der Waals surface area (Å²) in [4.78, 5) is 25.3. The van der Waals surface area contributed by atoms with E-state index in [-0.39, 0.29) is 30.3 Å². The highest BCUT2D eigenvalue weighted by Gasteiger charge is 2.27. The molecule has 104 valence electrons. The Morgan fingerprint density at radius 3 is 2.67 bits per heavy atom. The number of hydrogen-bond acceptors (Lipinski definition) is 3. The molecule has 1 aliphatic heterocycles. The van der Waals surface area contributed by atoms with E-state index in [9.17, 15) is 9.59 Å². The van der Waals surface area contributed by atoms with E-state index in [1.54, 1.807) is 11.9 Å². The topological polar surface area (TPSA) is 61.4 Å². The van der Waals surface area contributed by atoms with Crippen LogP contribution in [0.25, 0.3) is 0 Å². The normalized spacial score (nSPS) is 23.8. The third-order valence-corrected chi connectivity index (χ3v) is 3.18. The Balaban J connectivity index is 2.43. The average molecular weight is 255 g/mol. The molecular weight excluding hydrogens is 230 g/mol. The Labute approximate surface area is 109 Å². The van der Waals surface area contributed by atoms with Gasteiger partial charge >= 0.3 is 0 Å². The SMILES string of the molecule is CC(C)NC(=O)CN(C)C(=O)C1CCNC(C)C1. The minimum Gasteiger partial charge on any atom is -0.352 e. The van der Waals surface area contributed by atoms with Crippen molar-refractivity contribution in [3.8, 4) is 0 Å². The van der Waals surface area contributed by atoms with Crippen molar-refractivity contribution >= 4 is 11.8 Å². The quantitative estimate of drug-likeness (QED) is 0.762. The molecule has 0 aromatic rings. The summed E-state index contributed by atoms with van der Waals surface area (Å²) in [6.45, 7) is 6.94. The summed E-state index contributed by atoms with van der Waals surface area (Å²) >= 11 is 0. The second-order valence-electron chi connectivity index (χ2n) is 5.49. The number of amides is 2. The van der Waals surface area contributed by atoms with Crippen molar-refractivity contribution in [3.63, 3.8) is 0 Å². The predicted octanol–water partition coefficient (Wildman–Crippen LogP) is 0.358. The van der Waals surface area contributed by atoms with Crippen LogP contribution < -0.4 is 10.6 Å². The molecule has 18 heavy (non-hydrogen) atoms. The van der Waals surface area contributed by atoms with Gasteiger partial charge in [0.2, 0.25) is 11.8 Å². The van der Waals surface area contributed by atoms with E-state index >= 15 is 0 Å². The molecule has 0 aromatic carbocycles. The van der Waals surface area contributed by atoms with Crippen molar-refractivity contribution in [2.75, 3.05) is 20.1 Å². The van der Waals surface area contributed by atoms with Gasteiger partial charge in [0.25, 0.3) is 0 Å². The lowest BCUT2D eigenvalue weighted by Gasteiger charge is -2.30. The Bertz CT molecular complexity index is 305. The number of nitrogens with one attached hydrogen (secondary N) is 2. The molecule has 1 heterocycles. The van der Waals surface area contributed by atoms with E-state index < -0.39 is 0 Å². The highest BCUT2D eigenvalue weighted by atomic mass is 16.2. The van der Waals surface area contributed by atoms with Crippen LogP contribution in [0.2, 0.25) is 0 Å². The van der Waals surface area contributed by atoms with Crippen LogP contribution in [0, 0.1) is 5.92 Å². The molecule has 2 amide bonds. The summed E-state index contributed by atoms with van der Waals surface area (Å²) < 4.78 is 0. The fourth-order valence-corrected chi connectivity index (χ4v) is 2.33. The number of likely N-dealkylation sites (N-methyl/N-ethyl adjacent to an activating group) is 1. The molecule has 0 aliphatic carbocycles. The molecule has 1 aliphatic rings. The minimum atomic E-state index is -0.0946. The molecule has 0 saturated carbocycles. The van der Waals surface area contributed by atoms with Gasteiger partial charge in [-0.3, -0.25) is 9.59 Å². The van der Waals surface area contributed by atoms with Gasteiger partial charge in [-0.1, -0.05) is 0 Å². The molecule has 1 fully saturated rings. The zero-order chi connectivity index (χ0) is 13.7. The van der Waals surface area contributed by atoms with E-state index in [0.29, 0.717) is 6.04 Å². The number of hydrogen-bond donors (Lipinski definition) is 2. The van der Waals surface area contributed by atoms with Crippen molar-refractivity contribution in [1.82, 2.24) is 15.5 Å². The van der Waals surface area contributed by atoms with Crippen LogP contribution in [0.4, 0.5) is 0 Å². The van der Waals surface area contributed by atoms with E-state index in [0.717, 1.165) is 19.4 Å². The van der Waals surface area contributed by atoms with Crippen LogP contribution in [0.5, 0.6) is 0 Å². The van der Waals surface area contributed by atoms with Crippen LogP contribution in [0.15, 0.2) is 0 Å². The molecule has 2 N–H and O–H groups in total. The van der Waals surface area contributed by atoms with Crippen molar-refractivity contribution in [3.05, 3.63) is 0 Å². The lowest BCUT2D eigenvalue weighted by Crippen LogP contribution is -2.46. The largest absolute Gasteiger partial charge is 0.352 e. The Morgan fingerprint density at radius 1 is 1.44 bits per heavy atom. The fourth-order valence-electron chi connectivity index (χ4n) is 2.33. The third-order valence-electron chi connectivity index (χ3n) is 3.18. The van der Waals surface area contributed by atoms with E-state index in [2.05, 4.69) is 17.6 Å². The summed E-state index contributed by atoms with van der Waals surface area (Å²) in [6, 6.07) is 0.491. The van der Waals surface area contributed by atoms with Crippen molar-refractivity contribution in [2.45, 2.75) is 45.7 Å². The fraction of sp³-hybridized carbons (Fsp3) is 0.846. The first-order valence-electron chi connectivity index (χ1n) is 6.68. The van der Waals surface area contributed by atoms with Gasteiger partial charge in [-0.05, 0) is 40.2 Å². The Morgan fingerprint density at radius 2 is 2.11 bits per heavy atom. The van der Waals surface area contributed by atoms with E-state index in [1.807, 2.05) is 13.8 Å². The summed E-state index contributed by atoms with van der Waals surface area (Å²) in [5.74, 6) is 0.0446. The van der Waals surface area contributed by atoms with Crippen LogP contribution in [-0.2, 0) is 9.59 Å². The van der Waals surface area contributed by atoms with Gasteiger partial charge in [0.05, 0.1) is 6.54 Å². The first-order chi connectivity index (χ1) is 8.40. The van der Waals surface area contributed by atoms with Gasteiger partial charge in [-0.15, -0.1) is 0 Å². The Hall–Kier alpha value is -1.10. The van der Waals surface area contributed by atoms with Gasteiger partial charge in [-0.25, -0.2) is 0 Å². The molecular formula is C13H25N3O2. The molecule has 5 nitrogen and oxygen atoms in total. The zero-order valence-corrected chi connectivity index (χ0v) is 11.8. The molecule has 0 aromatic heterocycles. The third kappa shape index (κ3) is 4.64. The molecule has 0 bridgehead atoms. The van der Waals surface area contributed by atoms with Crippen molar-refractivity contribution < 1.29 is 9.59 Å². The van der Waals surface area contributed by atoms with E-state index in [4.69, 9.17) is 0 Å². The molecule has 1 rings (SSSR count).